The van der Waals surface area contributed by atoms with Crippen LogP contribution in [0.25, 0.3) is 0 Å². The van der Waals surface area contributed by atoms with Crippen molar-refractivity contribution < 1.29 is 0 Å². The van der Waals surface area contributed by atoms with Crippen molar-refractivity contribution in [3.05, 3.63) is 29.6 Å². The van der Waals surface area contributed by atoms with E-state index >= 15 is 0 Å². The molecule has 0 aliphatic rings. The number of pyridine rings is 1. The third-order valence-corrected chi connectivity index (χ3v) is 2.25. The molecule has 2 nitrogen and oxygen atoms in total. The van der Waals surface area contributed by atoms with E-state index in [-0.39, 0.29) is 0 Å². The molecule has 13 heavy (non-hydrogen) atoms. The molecule has 0 N–H and O–H groups in total. The predicted molar refractivity (Wildman–Crippen MR) is 55.8 cm³/mol. The van der Waals surface area contributed by atoms with E-state index in [2.05, 4.69) is 36.8 Å². The van der Waals surface area contributed by atoms with Gasteiger partial charge in [0.2, 0.25) is 0 Å². The van der Waals surface area contributed by atoms with Gasteiger partial charge in [-0.25, -0.2) is 0 Å². The van der Waals surface area contributed by atoms with Crippen LogP contribution < -0.4 is 0 Å². The van der Waals surface area contributed by atoms with Gasteiger partial charge < -0.3 is 4.90 Å². The van der Waals surface area contributed by atoms with Crippen LogP contribution in [0.5, 0.6) is 0 Å². The molecule has 0 fully saturated rings. The highest BCUT2D eigenvalue weighted by Gasteiger charge is 1.97. The van der Waals surface area contributed by atoms with Crippen molar-refractivity contribution in [2.75, 3.05) is 20.1 Å². The fraction of sp³-hybridized carbons (Fsp3) is 0.545. The highest BCUT2D eigenvalue weighted by Crippen LogP contribution is 2.02. The number of aromatic nitrogens is 1. The van der Waals surface area contributed by atoms with Crippen LogP contribution in [0.3, 0.4) is 0 Å². The van der Waals surface area contributed by atoms with Crippen LogP contribution >= 0.6 is 0 Å². The topological polar surface area (TPSA) is 16.1 Å². The molecule has 2 heteroatoms. The molecule has 0 aliphatic carbocycles. The smallest absolute Gasteiger partial charge is 0.0300 e. The summed E-state index contributed by atoms with van der Waals surface area (Å²) in [5.74, 6) is 0. The van der Waals surface area contributed by atoms with Gasteiger partial charge in [0.1, 0.15) is 0 Å². The first-order chi connectivity index (χ1) is 6.22. The maximum Gasteiger partial charge on any atom is 0.0300 e. The molecule has 0 amide bonds. The first kappa shape index (κ1) is 10.2. The summed E-state index contributed by atoms with van der Waals surface area (Å²) in [6, 6.07) is 2.20. The van der Waals surface area contributed by atoms with E-state index in [0.717, 1.165) is 19.5 Å². The van der Waals surface area contributed by atoms with Gasteiger partial charge >= 0.3 is 0 Å². The van der Waals surface area contributed by atoms with Crippen molar-refractivity contribution in [2.45, 2.75) is 20.3 Å². The zero-order chi connectivity index (χ0) is 9.68. The third-order valence-electron chi connectivity index (χ3n) is 2.25. The molecule has 72 valence electrons. The van der Waals surface area contributed by atoms with Crippen LogP contribution in [0.2, 0.25) is 0 Å². The van der Waals surface area contributed by atoms with Crippen LogP contribution in [0.1, 0.15) is 18.1 Å². The molecule has 0 aromatic carbocycles. The maximum absolute atomic E-state index is 4.17. The molecule has 0 unspecified atom stereocenters. The molecule has 0 saturated heterocycles. The minimum absolute atomic E-state index is 1.10. The van der Waals surface area contributed by atoms with Gasteiger partial charge in [0.15, 0.2) is 0 Å². The SMILES string of the molecule is CCN(C)CCc1cncc(C)c1. The Morgan fingerprint density at radius 1 is 1.38 bits per heavy atom. The van der Waals surface area contributed by atoms with Gasteiger partial charge in [-0.05, 0) is 38.1 Å². The lowest BCUT2D eigenvalue weighted by atomic mass is 10.1. The molecule has 0 aliphatic heterocycles. The molecule has 0 radical (unpaired) electrons. The Kier molecular flexibility index (Phi) is 3.90. The fourth-order valence-electron chi connectivity index (χ4n) is 1.23. The Balaban J connectivity index is 2.45. The van der Waals surface area contributed by atoms with Crippen LogP contribution in [0, 0.1) is 6.92 Å². The van der Waals surface area contributed by atoms with Crippen molar-refractivity contribution in [1.82, 2.24) is 9.88 Å². The number of aryl methyl sites for hydroxylation is 1. The quantitative estimate of drug-likeness (QED) is 0.700. The minimum atomic E-state index is 1.10. The van der Waals surface area contributed by atoms with E-state index in [0.29, 0.717) is 0 Å². The first-order valence-corrected chi connectivity index (χ1v) is 4.81. The molecule has 0 saturated carbocycles. The van der Waals surface area contributed by atoms with Crippen molar-refractivity contribution in [3.8, 4) is 0 Å². The van der Waals surface area contributed by atoms with E-state index in [4.69, 9.17) is 0 Å². The van der Waals surface area contributed by atoms with Gasteiger partial charge in [-0.2, -0.15) is 0 Å². The molecule has 0 bridgehead atoms. The van der Waals surface area contributed by atoms with E-state index in [1.54, 1.807) is 0 Å². The highest BCUT2D eigenvalue weighted by atomic mass is 15.1. The number of likely N-dealkylation sites (N-methyl/N-ethyl adjacent to an activating group) is 1. The normalized spacial score (nSPS) is 10.8. The summed E-state index contributed by atoms with van der Waals surface area (Å²) in [7, 11) is 2.14. The Morgan fingerprint density at radius 3 is 2.77 bits per heavy atom. The monoisotopic (exact) mass is 178 g/mol. The Hall–Kier alpha value is -0.890. The van der Waals surface area contributed by atoms with Crippen molar-refractivity contribution >= 4 is 0 Å². The van der Waals surface area contributed by atoms with E-state index in [1.165, 1.54) is 11.1 Å². The summed E-state index contributed by atoms with van der Waals surface area (Å²) < 4.78 is 0. The lowest BCUT2D eigenvalue weighted by Gasteiger charge is -2.13. The standard InChI is InChI=1S/C11H18N2/c1-4-13(3)6-5-11-7-10(2)8-12-9-11/h7-9H,4-6H2,1-3H3. The summed E-state index contributed by atoms with van der Waals surface area (Å²) in [6.07, 6.45) is 4.95. The molecule has 1 heterocycles. The maximum atomic E-state index is 4.17. The Labute approximate surface area is 80.6 Å². The predicted octanol–water partition coefficient (Wildman–Crippen LogP) is 1.88. The average Bonchev–Trinajstić information content (AvgIpc) is 2.14. The second kappa shape index (κ2) is 4.97. The van der Waals surface area contributed by atoms with Crippen molar-refractivity contribution in [2.24, 2.45) is 0 Å². The summed E-state index contributed by atoms with van der Waals surface area (Å²) in [6.45, 7) is 6.48. The van der Waals surface area contributed by atoms with Gasteiger partial charge in [0.25, 0.3) is 0 Å². The number of rotatable bonds is 4. The van der Waals surface area contributed by atoms with Gasteiger partial charge in [-0.3, -0.25) is 4.98 Å². The second-order valence-corrected chi connectivity index (χ2v) is 3.52. The largest absolute Gasteiger partial charge is 0.306 e. The van der Waals surface area contributed by atoms with Crippen LogP contribution in [0.15, 0.2) is 18.5 Å². The number of hydrogen-bond donors (Lipinski definition) is 0. The fourth-order valence-corrected chi connectivity index (χ4v) is 1.23. The zero-order valence-corrected chi connectivity index (χ0v) is 8.75. The Bertz CT molecular complexity index is 258. The molecule has 0 atom stereocenters. The van der Waals surface area contributed by atoms with E-state index < -0.39 is 0 Å². The van der Waals surface area contributed by atoms with Crippen LogP contribution in [0.4, 0.5) is 0 Å². The lowest BCUT2D eigenvalue weighted by molar-refractivity contribution is 0.357. The van der Waals surface area contributed by atoms with Crippen molar-refractivity contribution in [1.29, 1.82) is 0 Å². The first-order valence-electron chi connectivity index (χ1n) is 4.81. The lowest BCUT2D eigenvalue weighted by Crippen LogP contribution is -2.20. The van der Waals surface area contributed by atoms with Gasteiger partial charge in [-0.15, -0.1) is 0 Å². The van der Waals surface area contributed by atoms with E-state index in [9.17, 15) is 0 Å². The molecule has 0 spiro atoms. The molecule has 1 aromatic rings. The zero-order valence-electron chi connectivity index (χ0n) is 8.75. The van der Waals surface area contributed by atoms with Gasteiger partial charge in [0, 0.05) is 18.9 Å². The third kappa shape index (κ3) is 3.55. The molecule has 1 aromatic heterocycles. The summed E-state index contributed by atoms with van der Waals surface area (Å²) in [4.78, 5) is 6.48. The number of nitrogens with zero attached hydrogens (tertiary/aromatic N) is 2. The van der Waals surface area contributed by atoms with Crippen LogP contribution in [-0.4, -0.2) is 30.0 Å². The van der Waals surface area contributed by atoms with Crippen LogP contribution in [-0.2, 0) is 6.42 Å². The van der Waals surface area contributed by atoms with Gasteiger partial charge in [-0.1, -0.05) is 13.0 Å². The molecular weight excluding hydrogens is 160 g/mol. The summed E-state index contributed by atoms with van der Waals surface area (Å²) >= 11 is 0. The minimum Gasteiger partial charge on any atom is -0.306 e. The molecule has 1 rings (SSSR count). The second-order valence-electron chi connectivity index (χ2n) is 3.52. The summed E-state index contributed by atoms with van der Waals surface area (Å²) in [5.41, 5.74) is 2.58. The van der Waals surface area contributed by atoms with E-state index in [1.807, 2.05) is 12.4 Å². The van der Waals surface area contributed by atoms with Gasteiger partial charge in [0.05, 0.1) is 0 Å². The summed E-state index contributed by atoms with van der Waals surface area (Å²) in [5, 5.41) is 0. The van der Waals surface area contributed by atoms with Crippen molar-refractivity contribution in [3.63, 3.8) is 0 Å². The Morgan fingerprint density at radius 2 is 2.15 bits per heavy atom. The number of hydrogen-bond acceptors (Lipinski definition) is 2. The highest BCUT2D eigenvalue weighted by molar-refractivity contribution is 5.16. The molecular formula is C11H18N2. The average molecular weight is 178 g/mol.